The average Bonchev–Trinajstić information content (AvgIpc) is 2.85. The first-order chi connectivity index (χ1) is 9.24. The highest BCUT2D eigenvalue weighted by Crippen LogP contribution is 2.24. The predicted molar refractivity (Wildman–Crippen MR) is 75.3 cm³/mol. The summed E-state index contributed by atoms with van der Waals surface area (Å²) in [6.07, 6.45) is 3.74. The monoisotopic (exact) mass is 259 g/mol. The summed E-state index contributed by atoms with van der Waals surface area (Å²) in [5.74, 6) is 6.10. The molecule has 5 nitrogen and oxygen atoms in total. The van der Waals surface area contributed by atoms with Crippen LogP contribution in [0, 0.1) is 0 Å². The Kier molecular flexibility index (Phi) is 4.65. The smallest absolute Gasteiger partial charge is 0.0843 e. The molecule has 3 N–H and O–H groups in total. The lowest BCUT2D eigenvalue weighted by Crippen LogP contribution is -2.41. The molecule has 0 radical (unpaired) electrons. The van der Waals surface area contributed by atoms with Crippen molar-refractivity contribution in [2.24, 2.45) is 12.9 Å². The quantitative estimate of drug-likeness (QED) is 0.607. The zero-order valence-corrected chi connectivity index (χ0v) is 11.5. The minimum atomic E-state index is 0.157. The number of rotatable bonds is 6. The molecule has 5 heteroatoms. The summed E-state index contributed by atoms with van der Waals surface area (Å²) in [4.78, 5) is 0. The lowest BCUT2D eigenvalue weighted by atomic mass is 9.87. The third-order valence-corrected chi connectivity index (χ3v) is 3.45. The van der Waals surface area contributed by atoms with Crippen LogP contribution in [0.5, 0.6) is 0 Å². The topological polar surface area (TPSA) is 68.8 Å². The summed E-state index contributed by atoms with van der Waals surface area (Å²) in [6, 6.07) is 10.6. The molecular formula is C14H21N5. The Morgan fingerprint density at radius 3 is 2.58 bits per heavy atom. The number of hydrogen-bond acceptors (Lipinski definition) is 4. The van der Waals surface area contributed by atoms with Crippen molar-refractivity contribution in [3.8, 4) is 0 Å². The normalized spacial score (nSPS) is 14.3. The van der Waals surface area contributed by atoms with Crippen LogP contribution in [-0.4, -0.2) is 21.0 Å². The van der Waals surface area contributed by atoms with E-state index in [-0.39, 0.29) is 6.04 Å². The molecule has 0 bridgehead atoms. The number of aromatic nitrogens is 3. The van der Waals surface area contributed by atoms with Gasteiger partial charge in [0.1, 0.15) is 0 Å². The van der Waals surface area contributed by atoms with Gasteiger partial charge in [-0.05, 0) is 12.0 Å². The Labute approximate surface area is 113 Å². The molecule has 0 saturated carbocycles. The van der Waals surface area contributed by atoms with E-state index in [1.54, 1.807) is 4.68 Å². The number of nitrogens with zero attached hydrogens (tertiary/aromatic N) is 3. The molecule has 2 unspecified atom stereocenters. The first-order valence-electron chi connectivity index (χ1n) is 6.60. The van der Waals surface area contributed by atoms with Crippen LogP contribution in [0.1, 0.15) is 30.5 Å². The van der Waals surface area contributed by atoms with Crippen LogP contribution in [0.4, 0.5) is 0 Å². The second kappa shape index (κ2) is 6.45. The zero-order valence-electron chi connectivity index (χ0n) is 11.5. The highest BCUT2D eigenvalue weighted by atomic mass is 15.4. The summed E-state index contributed by atoms with van der Waals surface area (Å²) in [5.41, 5.74) is 5.19. The Hall–Kier alpha value is -1.72. The SMILES string of the molecule is CCC(c1ccccc1)C(Cc1cn(C)nn1)NN. The summed E-state index contributed by atoms with van der Waals surface area (Å²) in [6.45, 7) is 2.18. The van der Waals surface area contributed by atoms with Gasteiger partial charge >= 0.3 is 0 Å². The van der Waals surface area contributed by atoms with Crippen molar-refractivity contribution in [3.63, 3.8) is 0 Å². The van der Waals surface area contributed by atoms with E-state index < -0.39 is 0 Å². The van der Waals surface area contributed by atoms with Crippen LogP contribution in [0.3, 0.4) is 0 Å². The van der Waals surface area contributed by atoms with Crippen LogP contribution >= 0.6 is 0 Å². The molecule has 0 aliphatic heterocycles. The van der Waals surface area contributed by atoms with Crippen LogP contribution in [-0.2, 0) is 13.5 Å². The van der Waals surface area contributed by atoms with E-state index in [4.69, 9.17) is 5.84 Å². The molecule has 102 valence electrons. The molecule has 0 amide bonds. The van der Waals surface area contributed by atoms with Gasteiger partial charge in [-0.3, -0.25) is 16.0 Å². The van der Waals surface area contributed by atoms with Gasteiger partial charge in [0, 0.05) is 31.6 Å². The van der Waals surface area contributed by atoms with Crippen molar-refractivity contribution in [2.75, 3.05) is 0 Å². The first-order valence-corrected chi connectivity index (χ1v) is 6.60. The van der Waals surface area contributed by atoms with Gasteiger partial charge in [-0.25, -0.2) is 0 Å². The summed E-state index contributed by atoms with van der Waals surface area (Å²) in [5, 5.41) is 8.09. The largest absolute Gasteiger partial charge is 0.271 e. The molecular weight excluding hydrogens is 238 g/mol. The maximum absolute atomic E-state index is 5.74. The number of hydrazine groups is 1. The van der Waals surface area contributed by atoms with Gasteiger partial charge in [-0.15, -0.1) is 5.10 Å². The average molecular weight is 259 g/mol. The maximum Gasteiger partial charge on any atom is 0.0843 e. The third-order valence-electron chi connectivity index (χ3n) is 3.45. The lowest BCUT2D eigenvalue weighted by molar-refractivity contribution is 0.424. The molecule has 1 heterocycles. The zero-order chi connectivity index (χ0) is 13.7. The van der Waals surface area contributed by atoms with Crippen LogP contribution in [0.2, 0.25) is 0 Å². The number of hydrogen-bond donors (Lipinski definition) is 2. The van der Waals surface area contributed by atoms with E-state index in [2.05, 4.69) is 46.9 Å². The van der Waals surface area contributed by atoms with E-state index in [9.17, 15) is 0 Å². The fourth-order valence-electron chi connectivity index (χ4n) is 2.48. The number of nitrogens with one attached hydrogen (secondary N) is 1. The molecule has 0 saturated heterocycles. The second-order valence-corrected chi connectivity index (χ2v) is 4.79. The molecule has 0 fully saturated rings. The van der Waals surface area contributed by atoms with Crippen LogP contribution < -0.4 is 11.3 Å². The molecule has 2 rings (SSSR count). The standard InChI is InChI=1S/C14H21N5/c1-3-13(11-7-5-4-6-8-11)14(16-15)9-12-10-19(2)18-17-12/h4-8,10,13-14,16H,3,9,15H2,1-2H3. The predicted octanol–water partition coefficient (Wildman–Crippen LogP) is 1.38. The van der Waals surface area contributed by atoms with Crippen molar-refractivity contribution in [2.45, 2.75) is 31.7 Å². The summed E-state index contributed by atoms with van der Waals surface area (Å²) in [7, 11) is 1.87. The van der Waals surface area contributed by atoms with Gasteiger partial charge in [0.25, 0.3) is 0 Å². The molecule has 19 heavy (non-hydrogen) atoms. The van der Waals surface area contributed by atoms with Gasteiger partial charge in [-0.1, -0.05) is 42.5 Å². The molecule has 0 aliphatic carbocycles. The Balaban J connectivity index is 2.15. The Bertz CT molecular complexity index is 494. The van der Waals surface area contributed by atoms with E-state index in [1.807, 2.05) is 19.3 Å². The van der Waals surface area contributed by atoms with Crippen molar-refractivity contribution in [1.29, 1.82) is 0 Å². The van der Waals surface area contributed by atoms with Crippen molar-refractivity contribution in [1.82, 2.24) is 20.4 Å². The maximum atomic E-state index is 5.74. The van der Waals surface area contributed by atoms with E-state index in [0.717, 1.165) is 18.5 Å². The molecule has 0 spiro atoms. The van der Waals surface area contributed by atoms with Crippen molar-refractivity contribution < 1.29 is 0 Å². The van der Waals surface area contributed by atoms with E-state index in [0.29, 0.717) is 5.92 Å². The summed E-state index contributed by atoms with van der Waals surface area (Å²) < 4.78 is 1.71. The Morgan fingerprint density at radius 2 is 2.05 bits per heavy atom. The summed E-state index contributed by atoms with van der Waals surface area (Å²) >= 11 is 0. The molecule has 1 aromatic carbocycles. The van der Waals surface area contributed by atoms with Gasteiger partial charge in [0.05, 0.1) is 5.69 Å². The number of aryl methyl sites for hydroxylation is 1. The van der Waals surface area contributed by atoms with E-state index in [1.165, 1.54) is 5.56 Å². The van der Waals surface area contributed by atoms with E-state index >= 15 is 0 Å². The van der Waals surface area contributed by atoms with Crippen LogP contribution in [0.15, 0.2) is 36.5 Å². The fraction of sp³-hybridized carbons (Fsp3) is 0.429. The van der Waals surface area contributed by atoms with Crippen molar-refractivity contribution >= 4 is 0 Å². The Morgan fingerprint density at radius 1 is 1.32 bits per heavy atom. The number of benzene rings is 1. The highest BCUT2D eigenvalue weighted by molar-refractivity contribution is 5.21. The fourth-order valence-corrected chi connectivity index (χ4v) is 2.48. The highest BCUT2D eigenvalue weighted by Gasteiger charge is 2.21. The minimum absolute atomic E-state index is 0.157. The molecule has 0 aliphatic rings. The third kappa shape index (κ3) is 3.39. The lowest BCUT2D eigenvalue weighted by Gasteiger charge is -2.25. The molecule has 2 atom stereocenters. The van der Waals surface area contributed by atoms with Gasteiger partial charge in [0.15, 0.2) is 0 Å². The second-order valence-electron chi connectivity index (χ2n) is 4.79. The minimum Gasteiger partial charge on any atom is -0.271 e. The molecule has 1 aromatic heterocycles. The van der Waals surface area contributed by atoms with Gasteiger partial charge in [0.2, 0.25) is 0 Å². The van der Waals surface area contributed by atoms with Crippen molar-refractivity contribution in [3.05, 3.63) is 47.8 Å². The first kappa shape index (κ1) is 13.7. The van der Waals surface area contributed by atoms with Crippen LogP contribution in [0.25, 0.3) is 0 Å². The van der Waals surface area contributed by atoms with Gasteiger partial charge in [-0.2, -0.15) is 0 Å². The molecule has 2 aromatic rings. The van der Waals surface area contributed by atoms with Gasteiger partial charge < -0.3 is 0 Å². The number of nitrogens with two attached hydrogens (primary N) is 1.